The van der Waals surface area contributed by atoms with E-state index >= 15 is 0 Å². The lowest BCUT2D eigenvalue weighted by Crippen LogP contribution is -1.96. The molecule has 0 unspecified atom stereocenters. The number of hydrogen-bond donors (Lipinski definition) is 1. The summed E-state index contributed by atoms with van der Waals surface area (Å²) >= 11 is 9.40. The second-order valence-electron chi connectivity index (χ2n) is 3.90. The van der Waals surface area contributed by atoms with Gasteiger partial charge >= 0.3 is 0 Å². The average molecular weight is 312 g/mol. The van der Waals surface area contributed by atoms with E-state index in [1.165, 1.54) is 0 Å². The molecule has 2 rings (SSSR count). The average Bonchev–Trinajstić information content (AvgIpc) is 2.29. The van der Waals surface area contributed by atoms with Crippen molar-refractivity contribution in [3.8, 4) is 0 Å². The molecule has 0 aliphatic heterocycles. The summed E-state index contributed by atoms with van der Waals surface area (Å²) in [5, 5.41) is 3.98. The van der Waals surface area contributed by atoms with Crippen molar-refractivity contribution in [2.45, 2.75) is 13.8 Å². The van der Waals surface area contributed by atoms with Gasteiger partial charge in [-0.05, 0) is 59.1 Å². The van der Waals surface area contributed by atoms with Crippen LogP contribution in [-0.2, 0) is 0 Å². The number of aryl methyl sites for hydroxylation is 2. The number of hydrogen-bond acceptors (Lipinski definition) is 2. The van der Waals surface area contributed by atoms with Crippen LogP contribution in [0, 0.1) is 13.8 Å². The highest BCUT2D eigenvalue weighted by molar-refractivity contribution is 9.10. The van der Waals surface area contributed by atoms with Gasteiger partial charge in [-0.2, -0.15) is 0 Å². The number of nitrogens with one attached hydrogen (secondary N) is 1. The Kier molecular flexibility index (Phi) is 3.69. The third-order valence-electron chi connectivity index (χ3n) is 2.51. The minimum atomic E-state index is 0.715. The molecule has 17 heavy (non-hydrogen) atoms. The van der Waals surface area contributed by atoms with Crippen LogP contribution >= 0.6 is 27.5 Å². The number of anilines is 2. The molecule has 0 saturated heterocycles. The lowest BCUT2D eigenvalue weighted by atomic mass is 10.2. The van der Waals surface area contributed by atoms with Crippen molar-refractivity contribution in [1.82, 2.24) is 4.98 Å². The molecule has 0 aliphatic rings. The van der Waals surface area contributed by atoms with E-state index in [1.54, 1.807) is 6.20 Å². The third-order valence-corrected chi connectivity index (χ3v) is 3.57. The predicted molar refractivity (Wildman–Crippen MR) is 76.1 cm³/mol. The van der Waals surface area contributed by atoms with Crippen molar-refractivity contribution in [2.75, 3.05) is 5.32 Å². The molecule has 0 fully saturated rings. The van der Waals surface area contributed by atoms with Gasteiger partial charge in [0.25, 0.3) is 0 Å². The van der Waals surface area contributed by atoms with E-state index in [4.69, 9.17) is 11.6 Å². The molecule has 0 spiro atoms. The van der Waals surface area contributed by atoms with Crippen molar-refractivity contribution in [2.24, 2.45) is 0 Å². The highest BCUT2D eigenvalue weighted by Crippen LogP contribution is 2.25. The van der Waals surface area contributed by atoms with Crippen LogP contribution in [-0.4, -0.2) is 4.98 Å². The lowest BCUT2D eigenvalue weighted by Gasteiger charge is -2.10. The van der Waals surface area contributed by atoms with Gasteiger partial charge in [-0.25, -0.2) is 4.98 Å². The molecule has 0 amide bonds. The Hall–Kier alpha value is -1.06. The maximum absolute atomic E-state index is 5.97. The minimum Gasteiger partial charge on any atom is -0.340 e. The van der Waals surface area contributed by atoms with Crippen molar-refractivity contribution >= 4 is 39.0 Å². The van der Waals surface area contributed by atoms with Gasteiger partial charge < -0.3 is 5.32 Å². The summed E-state index contributed by atoms with van der Waals surface area (Å²) in [4.78, 5) is 4.30. The zero-order valence-corrected chi connectivity index (χ0v) is 11.9. The van der Waals surface area contributed by atoms with Crippen molar-refractivity contribution in [3.63, 3.8) is 0 Å². The molecule has 88 valence electrons. The molecule has 1 heterocycles. The standard InChI is InChI=1S/C13H12BrClN2/c1-8-3-4-10(15)6-12(8)17-13-5-9(2)11(14)7-16-13/h3-7H,1-2H3,(H,16,17). The van der Waals surface area contributed by atoms with Gasteiger partial charge in [0.05, 0.1) is 0 Å². The van der Waals surface area contributed by atoms with E-state index in [0.717, 1.165) is 27.1 Å². The summed E-state index contributed by atoms with van der Waals surface area (Å²) in [6, 6.07) is 7.75. The van der Waals surface area contributed by atoms with Crippen molar-refractivity contribution in [3.05, 3.63) is 51.1 Å². The predicted octanol–water partition coefficient (Wildman–Crippen LogP) is 4.86. The van der Waals surface area contributed by atoms with E-state index in [1.807, 2.05) is 38.1 Å². The zero-order chi connectivity index (χ0) is 12.4. The van der Waals surface area contributed by atoms with E-state index in [2.05, 4.69) is 26.2 Å². The Balaban J connectivity index is 2.31. The summed E-state index contributed by atoms with van der Waals surface area (Å²) in [6.07, 6.45) is 1.79. The molecule has 0 bridgehead atoms. The van der Waals surface area contributed by atoms with Gasteiger partial charge in [-0.1, -0.05) is 17.7 Å². The Morgan fingerprint density at radius 2 is 1.94 bits per heavy atom. The van der Waals surface area contributed by atoms with Gasteiger partial charge in [-0.3, -0.25) is 0 Å². The summed E-state index contributed by atoms with van der Waals surface area (Å²) < 4.78 is 1.01. The number of halogens is 2. The maximum atomic E-state index is 5.97. The first kappa shape index (κ1) is 12.4. The lowest BCUT2D eigenvalue weighted by molar-refractivity contribution is 1.24. The normalized spacial score (nSPS) is 10.4. The smallest absolute Gasteiger partial charge is 0.130 e. The molecule has 0 saturated carbocycles. The second-order valence-corrected chi connectivity index (χ2v) is 5.19. The van der Waals surface area contributed by atoms with Crippen LogP contribution in [0.1, 0.15) is 11.1 Å². The highest BCUT2D eigenvalue weighted by atomic mass is 79.9. The first-order valence-electron chi connectivity index (χ1n) is 5.21. The first-order chi connectivity index (χ1) is 8.06. The molecule has 1 aromatic heterocycles. The maximum Gasteiger partial charge on any atom is 0.130 e. The highest BCUT2D eigenvalue weighted by Gasteiger charge is 2.02. The fourth-order valence-electron chi connectivity index (χ4n) is 1.47. The monoisotopic (exact) mass is 310 g/mol. The molecular weight excluding hydrogens is 300 g/mol. The summed E-state index contributed by atoms with van der Waals surface area (Å²) in [5.74, 6) is 0.816. The number of nitrogens with zero attached hydrogens (tertiary/aromatic N) is 1. The fourth-order valence-corrected chi connectivity index (χ4v) is 1.86. The van der Waals surface area contributed by atoms with E-state index in [0.29, 0.717) is 5.02 Å². The van der Waals surface area contributed by atoms with Crippen LogP contribution in [0.3, 0.4) is 0 Å². The first-order valence-corrected chi connectivity index (χ1v) is 6.38. The van der Waals surface area contributed by atoms with Crippen molar-refractivity contribution < 1.29 is 0 Å². The van der Waals surface area contributed by atoms with Crippen LogP contribution in [0.4, 0.5) is 11.5 Å². The minimum absolute atomic E-state index is 0.715. The van der Waals surface area contributed by atoms with Gasteiger partial charge in [0, 0.05) is 21.4 Å². The molecule has 0 radical (unpaired) electrons. The molecule has 1 aromatic carbocycles. The molecule has 4 heteroatoms. The molecule has 0 atom stereocenters. The zero-order valence-electron chi connectivity index (χ0n) is 9.59. The Bertz CT molecular complexity index is 555. The fraction of sp³-hybridized carbons (Fsp3) is 0.154. The Morgan fingerprint density at radius 1 is 1.18 bits per heavy atom. The summed E-state index contributed by atoms with van der Waals surface area (Å²) in [5.41, 5.74) is 3.26. The summed E-state index contributed by atoms with van der Waals surface area (Å²) in [6.45, 7) is 4.06. The van der Waals surface area contributed by atoms with Gasteiger partial charge in [-0.15, -0.1) is 0 Å². The van der Waals surface area contributed by atoms with Crippen LogP contribution in [0.2, 0.25) is 5.02 Å². The molecular formula is C13H12BrClN2. The largest absolute Gasteiger partial charge is 0.340 e. The van der Waals surface area contributed by atoms with E-state index in [-0.39, 0.29) is 0 Å². The van der Waals surface area contributed by atoms with Gasteiger partial charge in [0.1, 0.15) is 5.82 Å². The van der Waals surface area contributed by atoms with Gasteiger partial charge in [0.2, 0.25) is 0 Å². The molecule has 2 nitrogen and oxygen atoms in total. The number of rotatable bonds is 2. The topological polar surface area (TPSA) is 24.9 Å². The quantitative estimate of drug-likeness (QED) is 0.857. The van der Waals surface area contributed by atoms with Crippen LogP contribution in [0.15, 0.2) is 34.9 Å². The Labute approximate surface area is 114 Å². The van der Waals surface area contributed by atoms with Crippen LogP contribution in [0.25, 0.3) is 0 Å². The van der Waals surface area contributed by atoms with Crippen LogP contribution < -0.4 is 5.32 Å². The van der Waals surface area contributed by atoms with Crippen molar-refractivity contribution in [1.29, 1.82) is 0 Å². The molecule has 0 aliphatic carbocycles. The summed E-state index contributed by atoms with van der Waals surface area (Å²) in [7, 11) is 0. The van der Waals surface area contributed by atoms with Gasteiger partial charge in [0.15, 0.2) is 0 Å². The number of aromatic nitrogens is 1. The van der Waals surface area contributed by atoms with E-state index in [9.17, 15) is 0 Å². The Morgan fingerprint density at radius 3 is 2.65 bits per heavy atom. The number of benzene rings is 1. The second kappa shape index (κ2) is 5.07. The van der Waals surface area contributed by atoms with E-state index < -0.39 is 0 Å². The number of pyridine rings is 1. The molecule has 1 N–H and O–H groups in total. The third kappa shape index (κ3) is 2.99. The van der Waals surface area contributed by atoms with Crippen LogP contribution in [0.5, 0.6) is 0 Å². The molecule has 2 aromatic rings. The SMILES string of the molecule is Cc1cc(Nc2cc(Cl)ccc2C)ncc1Br.